The first kappa shape index (κ1) is 30.5. The molecule has 0 spiro atoms. The van der Waals surface area contributed by atoms with Gasteiger partial charge in [-0.2, -0.15) is 0 Å². The second-order valence-corrected chi connectivity index (χ2v) is 11.6. The zero-order valence-electron chi connectivity index (χ0n) is 24.2. The summed E-state index contributed by atoms with van der Waals surface area (Å²) in [6.45, 7) is 9.15. The molecule has 0 aliphatic rings. The highest BCUT2D eigenvalue weighted by Gasteiger charge is 2.30. The lowest BCUT2D eigenvalue weighted by Crippen LogP contribution is -2.22. The smallest absolute Gasteiger partial charge is 0.119 e. The van der Waals surface area contributed by atoms with Crippen LogP contribution < -0.4 is 0 Å². The van der Waals surface area contributed by atoms with E-state index in [1.54, 1.807) is 0 Å². The minimum Gasteiger partial charge on any atom is -0.508 e. The number of para-hydroxylation sites is 1. The Kier molecular flexibility index (Phi) is 14.9. The van der Waals surface area contributed by atoms with Gasteiger partial charge in [0.25, 0.3) is 0 Å². The number of hydrogen-bond acceptors (Lipinski definition) is 1. The molecule has 2 aromatic rings. The van der Waals surface area contributed by atoms with Gasteiger partial charge in [-0.05, 0) is 36.0 Å². The van der Waals surface area contributed by atoms with E-state index in [4.69, 9.17) is 0 Å². The third-order valence-electron chi connectivity index (χ3n) is 8.21. The predicted octanol–water partition coefficient (Wildman–Crippen LogP) is 11.5. The molecule has 0 aliphatic carbocycles. The van der Waals surface area contributed by atoms with E-state index in [1.165, 1.54) is 120 Å². The van der Waals surface area contributed by atoms with Crippen molar-refractivity contribution >= 4 is 0 Å². The van der Waals surface area contributed by atoms with E-state index < -0.39 is 0 Å². The van der Waals surface area contributed by atoms with Crippen molar-refractivity contribution in [3.8, 4) is 5.75 Å². The van der Waals surface area contributed by atoms with Crippen LogP contribution >= 0.6 is 0 Å². The van der Waals surface area contributed by atoms with Gasteiger partial charge in [0.05, 0.1) is 0 Å². The number of phenolic OH excluding ortho intramolecular Hbond substituents is 1. The maximum atomic E-state index is 10.7. The second-order valence-electron chi connectivity index (χ2n) is 11.6. The maximum absolute atomic E-state index is 10.7. The molecular formula is C35H56O. The molecule has 0 aliphatic heterocycles. The molecule has 0 bridgehead atoms. The van der Waals surface area contributed by atoms with Crippen molar-refractivity contribution in [3.05, 3.63) is 65.2 Å². The molecule has 2 rings (SSSR count). The lowest BCUT2D eigenvalue weighted by Gasteiger charge is -2.32. The summed E-state index contributed by atoms with van der Waals surface area (Å²) in [5, 5.41) is 10.7. The molecule has 0 heterocycles. The third-order valence-corrected chi connectivity index (χ3v) is 8.21. The Balaban J connectivity index is 2.06. The zero-order valence-corrected chi connectivity index (χ0v) is 24.2. The highest BCUT2D eigenvalue weighted by atomic mass is 16.3. The van der Waals surface area contributed by atoms with Gasteiger partial charge in [0.15, 0.2) is 0 Å². The van der Waals surface area contributed by atoms with Gasteiger partial charge >= 0.3 is 0 Å². The first-order valence-corrected chi connectivity index (χ1v) is 15.4. The van der Waals surface area contributed by atoms with Gasteiger partial charge in [-0.1, -0.05) is 166 Å². The van der Waals surface area contributed by atoms with Crippen LogP contribution in [0.5, 0.6) is 5.75 Å². The highest BCUT2D eigenvalue weighted by Crippen LogP contribution is 2.42. The molecule has 1 N–H and O–H groups in total. The highest BCUT2D eigenvalue weighted by molar-refractivity contribution is 5.48. The first-order valence-electron chi connectivity index (χ1n) is 15.4. The van der Waals surface area contributed by atoms with E-state index in [1.807, 2.05) is 12.1 Å². The summed E-state index contributed by atoms with van der Waals surface area (Å²) in [5.74, 6) is 1.02. The van der Waals surface area contributed by atoms with Crippen molar-refractivity contribution in [2.24, 2.45) is 0 Å². The minimum atomic E-state index is -0.222. The molecule has 0 radical (unpaired) electrons. The third kappa shape index (κ3) is 10.3. The van der Waals surface area contributed by atoms with Gasteiger partial charge in [0.1, 0.15) is 5.75 Å². The summed E-state index contributed by atoms with van der Waals surface area (Å²) in [5.41, 5.74) is 3.70. The molecule has 202 valence electrons. The van der Waals surface area contributed by atoms with Crippen LogP contribution in [0.2, 0.25) is 0 Å². The number of phenols is 1. The number of rotatable bonds is 20. The summed E-state index contributed by atoms with van der Waals surface area (Å²) in [7, 11) is 0. The van der Waals surface area contributed by atoms with Crippen molar-refractivity contribution in [3.63, 3.8) is 0 Å². The molecular weight excluding hydrogens is 436 g/mol. The molecule has 36 heavy (non-hydrogen) atoms. The van der Waals surface area contributed by atoms with E-state index in [0.29, 0.717) is 11.7 Å². The predicted molar refractivity (Wildman–Crippen MR) is 159 cm³/mol. The monoisotopic (exact) mass is 492 g/mol. The van der Waals surface area contributed by atoms with Crippen LogP contribution in [0.3, 0.4) is 0 Å². The molecule has 0 aromatic heterocycles. The summed E-state index contributed by atoms with van der Waals surface area (Å²) in [6, 6.07) is 17.0. The topological polar surface area (TPSA) is 20.2 Å². The van der Waals surface area contributed by atoms with Gasteiger partial charge in [-0.25, -0.2) is 0 Å². The van der Waals surface area contributed by atoms with E-state index >= 15 is 0 Å². The molecule has 0 saturated heterocycles. The van der Waals surface area contributed by atoms with Gasteiger partial charge in [0.2, 0.25) is 0 Å². The average molecular weight is 493 g/mol. The molecule has 2 aromatic carbocycles. The van der Waals surface area contributed by atoms with Gasteiger partial charge in [-0.3, -0.25) is 0 Å². The number of unbranched alkanes of at least 4 members (excludes halogenated alkanes) is 13. The van der Waals surface area contributed by atoms with Crippen LogP contribution in [0, 0.1) is 0 Å². The molecule has 0 amide bonds. The summed E-state index contributed by atoms with van der Waals surface area (Å²) < 4.78 is 0. The van der Waals surface area contributed by atoms with Crippen molar-refractivity contribution in [1.82, 2.24) is 0 Å². The molecule has 1 heteroatoms. The number of aromatic hydroxyl groups is 1. The SMILES string of the molecule is CCCCCCCCCCCC(CCCCCCCC)c1ccccc1C(C)(C)c1ccccc1O. The van der Waals surface area contributed by atoms with E-state index in [9.17, 15) is 5.11 Å². The Hall–Kier alpha value is -1.76. The van der Waals surface area contributed by atoms with Gasteiger partial charge in [-0.15, -0.1) is 0 Å². The number of benzene rings is 2. The standard InChI is InChI=1S/C35H56O/c1-5-7-9-11-13-14-15-17-19-25-30(24-18-16-12-10-8-6-2)31-26-20-21-27-32(31)35(3,4)33-28-22-23-29-34(33)36/h20-23,26-30,36H,5-19,24-25H2,1-4H3. The molecule has 1 atom stereocenters. The van der Waals surface area contributed by atoms with Crippen LogP contribution in [-0.4, -0.2) is 5.11 Å². The van der Waals surface area contributed by atoms with Crippen molar-refractivity contribution < 1.29 is 5.11 Å². The lowest BCUT2D eigenvalue weighted by atomic mass is 9.72. The van der Waals surface area contributed by atoms with Crippen LogP contribution in [0.15, 0.2) is 48.5 Å². The van der Waals surface area contributed by atoms with E-state index in [0.717, 1.165) is 5.56 Å². The minimum absolute atomic E-state index is 0.222. The normalized spacial score (nSPS) is 12.7. The summed E-state index contributed by atoms with van der Waals surface area (Å²) in [4.78, 5) is 0. The van der Waals surface area contributed by atoms with E-state index in [2.05, 4.69) is 64.1 Å². The van der Waals surface area contributed by atoms with Crippen LogP contribution in [0.4, 0.5) is 0 Å². The van der Waals surface area contributed by atoms with Crippen LogP contribution in [0.25, 0.3) is 0 Å². The van der Waals surface area contributed by atoms with Crippen molar-refractivity contribution in [1.29, 1.82) is 0 Å². The molecule has 1 nitrogen and oxygen atoms in total. The first-order chi connectivity index (χ1) is 17.5. The Labute approximate surface area is 224 Å². The zero-order chi connectivity index (χ0) is 26.1. The summed E-state index contributed by atoms with van der Waals surface area (Å²) >= 11 is 0. The molecule has 1 unspecified atom stereocenters. The Morgan fingerprint density at radius 1 is 0.556 bits per heavy atom. The number of hydrogen-bond donors (Lipinski definition) is 1. The molecule has 0 saturated carbocycles. The quantitative estimate of drug-likeness (QED) is 0.182. The fourth-order valence-corrected chi connectivity index (χ4v) is 5.90. The van der Waals surface area contributed by atoms with E-state index in [-0.39, 0.29) is 5.41 Å². The maximum Gasteiger partial charge on any atom is 0.119 e. The largest absolute Gasteiger partial charge is 0.508 e. The second kappa shape index (κ2) is 17.7. The van der Waals surface area contributed by atoms with Crippen LogP contribution in [0.1, 0.15) is 159 Å². The van der Waals surface area contributed by atoms with Crippen molar-refractivity contribution in [2.75, 3.05) is 0 Å². The average Bonchev–Trinajstić information content (AvgIpc) is 2.88. The fourth-order valence-electron chi connectivity index (χ4n) is 5.90. The van der Waals surface area contributed by atoms with Crippen molar-refractivity contribution in [2.45, 2.75) is 148 Å². The van der Waals surface area contributed by atoms with Gasteiger partial charge < -0.3 is 5.11 Å². The van der Waals surface area contributed by atoms with Crippen LogP contribution in [-0.2, 0) is 5.41 Å². The fraction of sp³-hybridized carbons (Fsp3) is 0.657. The Morgan fingerprint density at radius 3 is 1.47 bits per heavy atom. The van der Waals surface area contributed by atoms with Gasteiger partial charge in [0, 0.05) is 11.0 Å². The Bertz CT molecular complexity index is 821. The lowest BCUT2D eigenvalue weighted by molar-refractivity contribution is 0.448. The molecule has 0 fully saturated rings. The summed E-state index contributed by atoms with van der Waals surface area (Å²) in [6.07, 6.45) is 23.2. The Morgan fingerprint density at radius 2 is 0.972 bits per heavy atom.